The number of amides is 1. The number of piperidine rings is 1. The topological polar surface area (TPSA) is 46.3 Å². The van der Waals surface area contributed by atoms with Gasteiger partial charge in [-0.15, -0.1) is 0 Å². The fourth-order valence-electron chi connectivity index (χ4n) is 4.37. The Balaban J connectivity index is 1.41. The van der Waals surface area contributed by atoms with Gasteiger partial charge in [-0.2, -0.15) is 0 Å². The van der Waals surface area contributed by atoms with Crippen molar-refractivity contribution in [2.75, 3.05) is 13.1 Å². The highest BCUT2D eigenvalue weighted by Crippen LogP contribution is 2.41. The van der Waals surface area contributed by atoms with Crippen molar-refractivity contribution in [3.05, 3.63) is 54.2 Å². The fourth-order valence-corrected chi connectivity index (χ4v) is 4.37. The van der Waals surface area contributed by atoms with Crippen LogP contribution in [0.5, 0.6) is 0 Å². The summed E-state index contributed by atoms with van der Waals surface area (Å²) < 4.78 is 5.43. The second-order valence-electron chi connectivity index (χ2n) is 7.02. The summed E-state index contributed by atoms with van der Waals surface area (Å²) in [5.41, 5.74) is 1.32. The van der Waals surface area contributed by atoms with E-state index in [1.165, 1.54) is 5.56 Å². The normalized spacial score (nSPS) is 25.1. The van der Waals surface area contributed by atoms with Gasteiger partial charge in [0.25, 0.3) is 0 Å². The first kappa shape index (κ1) is 15.4. The lowest BCUT2D eigenvalue weighted by molar-refractivity contribution is -0.137. The van der Waals surface area contributed by atoms with Gasteiger partial charge in [0.2, 0.25) is 5.91 Å². The molecule has 2 aromatic rings. The Kier molecular flexibility index (Phi) is 4.37. The van der Waals surface area contributed by atoms with Crippen LogP contribution in [0.2, 0.25) is 0 Å². The van der Waals surface area contributed by atoms with Gasteiger partial charge in [0.1, 0.15) is 6.26 Å². The zero-order valence-corrected chi connectivity index (χ0v) is 13.9. The molecule has 0 N–H and O–H groups in total. The van der Waals surface area contributed by atoms with Crippen molar-refractivity contribution in [2.45, 2.75) is 43.9 Å². The lowest BCUT2D eigenvalue weighted by Gasteiger charge is -2.34. The molecule has 2 heterocycles. The van der Waals surface area contributed by atoms with Crippen LogP contribution in [0.25, 0.3) is 0 Å². The zero-order valence-electron chi connectivity index (χ0n) is 13.9. The van der Waals surface area contributed by atoms with E-state index in [4.69, 9.17) is 4.42 Å². The predicted molar refractivity (Wildman–Crippen MR) is 91.6 cm³/mol. The molecule has 1 aromatic carbocycles. The van der Waals surface area contributed by atoms with Crippen LogP contribution in [0.4, 0.5) is 0 Å². The Hall–Kier alpha value is -2.10. The number of rotatable bonds is 3. The highest BCUT2D eigenvalue weighted by atomic mass is 16.3. The fraction of sp³-hybridized carbons (Fsp3) is 0.500. The predicted octanol–water partition coefficient (Wildman–Crippen LogP) is 3.96. The van der Waals surface area contributed by atoms with Crippen LogP contribution in [0.3, 0.4) is 0 Å². The lowest BCUT2D eigenvalue weighted by Crippen LogP contribution is -2.42. The van der Waals surface area contributed by atoms with Gasteiger partial charge < -0.3 is 9.32 Å². The van der Waals surface area contributed by atoms with Crippen molar-refractivity contribution in [3.8, 4) is 0 Å². The van der Waals surface area contributed by atoms with Gasteiger partial charge in [-0.05, 0) is 37.2 Å². The van der Waals surface area contributed by atoms with Gasteiger partial charge in [-0.1, -0.05) is 36.8 Å². The quantitative estimate of drug-likeness (QED) is 0.858. The van der Waals surface area contributed by atoms with Crippen molar-refractivity contribution in [1.82, 2.24) is 9.88 Å². The first-order valence-electron chi connectivity index (χ1n) is 9.06. The number of benzene rings is 1. The SMILES string of the molecule is O=C(C1CCCC1c1ccccc1)N1CCC(c2ncco2)CC1. The Morgan fingerprint density at radius 1 is 1.08 bits per heavy atom. The van der Waals surface area contributed by atoms with E-state index >= 15 is 0 Å². The molecule has 2 atom stereocenters. The maximum absolute atomic E-state index is 13.1. The first-order chi connectivity index (χ1) is 11.8. The van der Waals surface area contributed by atoms with Gasteiger partial charge in [0.15, 0.2) is 5.89 Å². The molecule has 2 unspecified atom stereocenters. The number of likely N-dealkylation sites (tertiary alicyclic amines) is 1. The molecule has 4 nitrogen and oxygen atoms in total. The third-order valence-corrected chi connectivity index (χ3v) is 5.67. The van der Waals surface area contributed by atoms with E-state index < -0.39 is 0 Å². The largest absolute Gasteiger partial charge is 0.449 e. The molecule has 2 aliphatic rings. The average molecular weight is 324 g/mol. The maximum atomic E-state index is 13.1. The standard InChI is InChI=1S/C20H24N2O2/c23-20(18-8-4-7-17(18)15-5-2-1-3-6-15)22-12-9-16(10-13-22)19-21-11-14-24-19/h1-3,5-6,11,14,16-18H,4,7-10,12-13H2. The minimum Gasteiger partial charge on any atom is -0.449 e. The second-order valence-corrected chi connectivity index (χ2v) is 7.02. The van der Waals surface area contributed by atoms with E-state index in [2.05, 4.69) is 34.1 Å². The number of nitrogens with zero attached hydrogens (tertiary/aromatic N) is 2. The molecular formula is C20H24N2O2. The van der Waals surface area contributed by atoms with E-state index in [0.29, 0.717) is 17.7 Å². The summed E-state index contributed by atoms with van der Waals surface area (Å²) in [5, 5.41) is 0. The number of oxazole rings is 1. The van der Waals surface area contributed by atoms with Crippen LogP contribution < -0.4 is 0 Å². The van der Waals surface area contributed by atoms with Gasteiger partial charge >= 0.3 is 0 Å². The summed E-state index contributed by atoms with van der Waals surface area (Å²) in [5.74, 6) is 2.09. The summed E-state index contributed by atoms with van der Waals surface area (Å²) in [7, 11) is 0. The summed E-state index contributed by atoms with van der Waals surface area (Å²) >= 11 is 0. The monoisotopic (exact) mass is 324 g/mol. The molecule has 24 heavy (non-hydrogen) atoms. The van der Waals surface area contributed by atoms with Crippen molar-refractivity contribution in [3.63, 3.8) is 0 Å². The number of aromatic nitrogens is 1. The molecule has 1 saturated carbocycles. The van der Waals surface area contributed by atoms with Gasteiger partial charge in [0.05, 0.1) is 6.20 Å². The number of hydrogen-bond donors (Lipinski definition) is 0. The second kappa shape index (κ2) is 6.80. The molecule has 0 spiro atoms. The van der Waals surface area contributed by atoms with Crippen LogP contribution in [0.15, 0.2) is 47.2 Å². The summed E-state index contributed by atoms with van der Waals surface area (Å²) in [6.45, 7) is 1.65. The van der Waals surface area contributed by atoms with E-state index in [0.717, 1.165) is 51.1 Å². The Labute approximate surface area is 142 Å². The molecule has 0 bridgehead atoms. The van der Waals surface area contributed by atoms with E-state index in [-0.39, 0.29) is 5.92 Å². The molecule has 126 valence electrons. The van der Waals surface area contributed by atoms with E-state index in [1.807, 2.05) is 6.07 Å². The number of carbonyl (C=O) groups excluding carboxylic acids is 1. The Morgan fingerprint density at radius 3 is 2.58 bits per heavy atom. The van der Waals surface area contributed by atoms with Crippen molar-refractivity contribution in [2.24, 2.45) is 5.92 Å². The summed E-state index contributed by atoms with van der Waals surface area (Å²) in [6.07, 6.45) is 8.56. The number of carbonyl (C=O) groups is 1. The minimum atomic E-state index is 0.158. The maximum Gasteiger partial charge on any atom is 0.226 e. The molecular weight excluding hydrogens is 300 g/mol. The van der Waals surface area contributed by atoms with Crippen molar-refractivity contribution < 1.29 is 9.21 Å². The van der Waals surface area contributed by atoms with Crippen LogP contribution >= 0.6 is 0 Å². The van der Waals surface area contributed by atoms with Crippen molar-refractivity contribution >= 4 is 5.91 Å². The summed E-state index contributed by atoms with van der Waals surface area (Å²) in [4.78, 5) is 19.4. The molecule has 1 aliphatic heterocycles. The zero-order chi connectivity index (χ0) is 16.4. The van der Waals surface area contributed by atoms with Crippen molar-refractivity contribution in [1.29, 1.82) is 0 Å². The number of hydrogen-bond acceptors (Lipinski definition) is 3. The van der Waals surface area contributed by atoms with Crippen LogP contribution in [0.1, 0.15) is 55.4 Å². The molecule has 1 aliphatic carbocycles. The minimum absolute atomic E-state index is 0.158. The molecule has 2 fully saturated rings. The molecule has 4 rings (SSSR count). The third kappa shape index (κ3) is 2.97. The molecule has 0 radical (unpaired) electrons. The molecule has 4 heteroatoms. The van der Waals surface area contributed by atoms with Gasteiger partial charge in [-0.25, -0.2) is 4.98 Å². The van der Waals surface area contributed by atoms with E-state index in [1.54, 1.807) is 12.5 Å². The van der Waals surface area contributed by atoms with Gasteiger partial charge in [0, 0.05) is 24.9 Å². The Bertz CT molecular complexity index is 660. The third-order valence-electron chi connectivity index (χ3n) is 5.67. The average Bonchev–Trinajstić information content (AvgIpc) is 3.34. The Morgan fingerprint density at radius 2 is 1.88 bits per heavy atom. The highest BCUT2D eigenvalue weighted by molar-refractivity contribution is 5.80. The molecule has 1 aromatic heterocycles. The highest BCUT2D eigenvalue weighted by Gasteiger charge is 2.37. The molecule has 1 amide bonds. The van der Waals surface area contributed by atoms with Crippen LogP contribution in [-0.2, 0) is 4.79 Å². The smallest absolute Gasteiger partial charge is 0.226 e. The van der Waals surface area contributed by atoms with Crippen LogP contribution in [-0.4, -0.2) is 28.9 Å². The lowest BCUT2D eigenvalue weighted by atomic mass is 9.87. The van der Waals surface area contributed by atoms with Gasteiger partial charge in [-0.3, -0.25) is 4.79 Å². The summed E-state index contributed by atoms with van der Waals surface area (Å²) in [6, 6.07) is 10.5. The first-order valence-corrected chi connectivity index (χ1v) is 9.06. The molecule has 1 saturated heterocycles. The van der Waals surface area contributed by atoms with E-state index in [9.17, 15) is 4.79 Å². The van der Waals surface area contributed by atoms with Crippen LogP contribution in [0, 0.1) is 5.92 Å².